The van der Waals surface area contributed by atoms with E-state index in [0.29, 0.717) is 16.4 Å². The van der Waals surface area contributed by atoms with Crippen molar-refractivity contribution in [3.8, 4) is 0 Å². The number of hydrazine groups is 1. The zero-order chi connectivity index (χ0) is 24.6. The molecule has 4 rings (SSSR count). The van der Waals surface area contributed by atoms with Gasteiger partial charge < -0.3 is 0 Å². The quantitative estimate of drug-likeness (QED) is 0.213. The first-order valence-corrected chi connectivity index (χ1v) is 10.6. The summed E-state index contributed by atoms with van der Waals surface area (Å²) in [4.78, 5) is 63.7. The summed E-state index contributed by atoms with van der Waals surface area (Å²) < 4.78 is 13.3. The first-order valence-electron chi connectivity index (χ1n) is 10.6. The largest absolute Gasteiger partial charge is 0.292 e. The molecule has 3 atom stereocenters. The Morgan fingerprint density at radius 2 is 1.79 bits per heavy atom. The minimum Gasteiger partial charge on any atom is -0.292 e. The smallest absolute Gasteiger partial charge is 0.282 e. The number of nitro groups is 1. The highest BCUT2D eigenvalue weighted by Crippen LogP contribution is 2.39. The third kappa shape index (κ3) is 3.98. The summed E-state index contributed by atoms with van der Waals surface area (Å²) in [5.41, 5.74) is -0.854. The van der Waals surface area contributed by atoms with E-state index in [-0.39, 0.29) is 17.0 Å². The van der Waals surface area contributed by atoms with Gasteiger partial charge in [-0.1, -0.05) is 31.2 Å². The van der Waals surface area contributed by atoms with Gasteiger partial charge in [0.1, 0.15) is 17.9 Å². The standard InChI is InChI=1S/C24H20FN3O6/c1-14-5-4-7-18-21(14)24(32)27(23(18)31)26(13-20(29)15-9-11-16(25)12-10-15)22(30)17-6-2-3-8-19(17)28(33)34/h2-6,8-12,14,18,21H,7,13H2,1H3/t14-,18+,21+/m1/s1. The predicted molar refractivity (Wildman–Crippen MR) is 117 cm³/mol. The minimum absolute atomic E-state index is 0.0494. The van der Waals surface area contributed by atoms with Crippen LogP contribution in [0.15, 0.2) is 60.7 Å². The maximum Gasteiger partial charge on any atom is 0.282 e. The lowest BCUT2D eigenvalue weighted by atomic mass is 9.78. The first kappa shape index (κ1) is 23.0. The van der Waals surface area contributed by atoms with Crippen LogP contribution >= 0.6 is 0 Å². The van der Waals surface area contributed by atoms with Crippen molar-refractivity contribution in [2.75, 3.05) is 6.54 Å². The van der Waals surface area contributed by atoms with Crippen LogP contribution in [0.5, 0.6) is 0 Å². The van der Waals surface area contributed by atoms with Gasteiger partial charge in [-0.25, -0.2) is 9.40 Å². The van der Waals surface area contributed by atoms with Crippen LogP contribution in [0, 0.1) is 33.7 Å². The Morgan fingerprint density at radius 3 is 2.44 bits per heavy atom. The molecule has 1 fully saturated rings. The van der Waals surface area contributed by atoms with Crippen LogP contribution in [0.1, 0.15) is 34.1 Å². The number of rotatable bonds is 6. The molecular weight excluding hydrogens is 445 g/mol. The van der Waals surface area contributed by atoms with Crippen molar-refractivity contribution in [3.63, 3.8) is 0 Å². The number of nitro benzene ring substituents is 1. The van der Waals surface area contributed by atoms with Gasteiger partial charge in [0.2, 0.25) is 0 Å². The summed E-state index contributed by atoms with van der Waals surface area (Å²) >= 11 is 0. The molecule has 34 heavy (non-hydrogen) atoms. The molecule has 0 N–H and O–H groups in total. The molecule has 0 aromatic heterocycles. The van der Waals surface area contributed by atoms with Gasteiger partial charge in [-0.2, -0.15) is 5.01 Å². The van der Waals surface area contributed by atoms with E-state index in [2.05, 4.69) is 0 Å². The Kier molecular flexibility index (Phi) is 6.06. The lowest BCUT2D eigenvalue weighted by molar-refractivity contribution is -0.385. The van der Waals surface area contributed by atoms with Crippen LogP contribution in [-0.2, 0) is 9.59 Å². The van der Waals surface area contributed by atoms with Crippen LogP contribution < -0.4 is 0 Å². The van der Waals surface area contributed by atoms with Gasteiger partial charge >= 0.3 is 0 Å². The van der Waals surface area contributed by atoms with Crippen molar-refractivity contribution in [1.29, 1.82) is 0 Å². The Balaban J connectivity index is 1.76. The summed E-state index contributed by atoms with van der Waals surface area (Å²) in [6.07, 6.45) is 3.90. The number of allylic oxidation sites excluding steroid dienone is 2. The predicted octanol–water partition coefficient (Wildman–Crippen LogP) is 3.17. The maximum atomic E-state index is 13.5. The van der Waals surface area contributed by atoms with Gasteiger partial charge in [0.15, 0.2) is 5.78 Å². The SMILES string of the molecule is C[C@@H]1C=CC[C@@H]2C(=O)N(N(CC(=O)c3ccc(F)cc3)C(=O)c3ccccc3[N+](=O)[O-])C(=O)[C@@H]12. The molecule has 2 aliphatic rings. The third-order valence-corrected chi connectivity index (χ3v) is 6.12. The van der Waals surface area contributed by atoms with Gasteiger partial charge in [0.05, 0.1) is 16.8 Å². The second kappa shape index (κ2) is 8.97. The molecule has 0 saturated carbocycles. The molecule has 0 unspecified atom stereocenters. The topological polar surface area (TPSA) is 118 Å². The number of fused-ring (bicyclic) bond motifs is 1. The number of carbonyl (C=O) groups is 4. The molecule has 10 heteroatoms. The van der Waals surface area contributed by atoms with Crippen molar-refractivity contribution in [3.05, 3.63) is 87.7 Å². The van der Waals surface area contributed by atoms with Crippen molar-refractivity contribution in [2.24, 2.45) is 17.8 Å². The highest BCUT2D eigenvalue weighted by atomic mass is 19.1. The molecule has 1 saturated heterocycles. The second-order valence-electron chi connectivity index (χ2n) is 8.21. The number of nitrogens with zero attached hydrogens (tertiary/aromatic N) is 3. The molecule has 1 aliphatic carbocycles. The van der Waals surface area contributed by atoms with Gasteiger partial charge in [0, 0.05) is 11.6 Å². The molecule has 2 aromatic carbocycles. The van der Waals surface area contributed by atoms with E-state index in [9.17, 15) is 33.7 Å². The van der Waals surface area contributed by atoms with Gasteiger partial charge in [0.25, 0.3) is 23.4 Å². The zero-order valence-electron chi connectivity index (χ0n) is 18.1. The van der Waals surface area contributed by atoms with E-state index in [1.807, 2.05) is 6.08 Å². The van der Waals surface area contributed by atoms with Crippen molar-refractivity contribution < 1.29 is 28.5 Å². The molecule has 9 nitrogen and oxygen atoms in total. The molecule has 3 amide bonds. The van der Waals surface area contributed by atoms with Gasteiger partial charge in [-0.15, -0.1) is 0 Å². The molecule has 0 bridgehead atoms. The van der Waals surface area contributed by atoms with Crippen LogP contribution in [0.3, 0.4) is 0 Å². The number of hydrogen-bond donors (Lipinski definition) is 0. The van der Waals surface area contributed by atoms with Crippen LogP contribution in [0.25, 0.3) is 0 Å². The molecule has 174 valence electrons. The van der Waals surface area contributed by atoms with Crippen LogP contribution in [-0.4, -0.2) is 45.0 Å². The molecule has 0 spiro atoms. The average molecular weight is 465 g/mol. The number of para-hydroxylation sites is 1. The number of Topliss-reactive ketones (excluding diaryl/α,β-unsaturated/α-hetero) is 1. The molecule has 1 aliphatic heterocycles. The number of benzene rings is 2. The minimum atomic E-state index is -1.04. The number of halogens is 1. The van der Waals surface area contributed by atoms with E-state index in [1.54, 1.807) is 13.0 Å². The van der Waals surface area contributed by atoms with Crippen molar-refractivity contribution >= 4 is 29.2 Å². The highest BCUT2D eigenvalue weighted by Gasteiger charge is 2.53. The molecule has 2 aromatic rings. The Bertz CT molecular complexity index is 1230. The van der Waals surface area contributed by atoms with Crippen LogP contribution in [0.4, 0.5) is 10.1 Å². The Morgan fingerprint density at radius 1 is 1.12 bits per heavy atom. The first-order chi connectivity index (χ1) is 16.2. The normalized spacial score (nSPS) is 21.4. The number of carbonyl (C=O) groups excluding carboxylic acids is 4. The van der Waals surface area contributed by atoms with E-state index in [0.717, 1.165) is 18.2 Å². The van der Waals surface area contributed by atoms with Gasteiger partial charge in [-0.05, 0) is 42.7 Å². The van der Waals surface area contributed by atoms with Crippen molar-refractivity contribution in [1.82, 2.24) is 10.0 Å². The summed E-state index contributed by atoms with van der Waals surface area (Å²) in [6, 6.07) is 9.64. The van der Waals surface area contributed by atoms with E-state index >= 15 is 0 Å². The summed E-state index contributed by atoms with van der Waals surface area (Å²) in [5, 5.41) is 12.8. The fourth-order valence-corrected chi connectivity index (χ4v) is 4.42. The summed E-state index contributed by atoms with van der Waals surface area (Å²) in [5.74, 6) is -5.25. The number of hydrogen-bond acceptors (Lipinski definition) is 6. The summed E-state index contributed by atoms with van der Waals surface area (Å²) in [6.45, 7) is 1.04. The molecular formula is C24H20FN3O6. The number of imide groups is 1. The van der Waals surface area contributed by atoms with Gasteiger partial charge in [-0.3, -0.25) is 29.3 Å². The monoisotopic (exact) mass is 465 g/mol. The van der Waals surface area contributed by atoms with Crippen LogP contribution in [0.2, 0.25) is 0 Å². The number of amides is 3. The Hall–Kier alpha value is -4.21. The zero-order valence-corrected chi connectivity index (χ0v) is 18.1. The molecule has 0 radical (unpaired) electrons. The van der Waals surface area contributed by atoms with Crippen molar-refractivity contribution in [2.45, 2.75) is 13.3 Å². The third-order valence-electron chi connectivity index (χ3n) is 6.12. The van der Waals surface area contributed by atoms with E-state index < -0.39 is 58.3 Å². The average Bonchev–Trinajstić information content (AvgIpc) is 3.08. The Labute approximate surface area is 193 Å². The van der Waals surface area contributed by atoms with E-state index in [4.69, 9.17) is 0 Å². The lowest BCUT2D eigenvalue weighted by Crippen LogP contribution is -2.52. The second-order valence-corrected chi connectivity index (χ2v) is 8.21. The maximum absolute atomic E-state index is 13.5. The highest BCUT2D eigenvalue weighted by molar-refractivity contribution is 6.10. The lowest BCUT2D eigenvalue weighted by Gasteiger charge is -2.30. The van der Waals surface area contributed by atoms with E-state index in [1.165, 1.54) is 30.3 Å². The fraction of sp³-hybridized carbons (Fsp3) is 0.250. The summed E-state index contributed by atoms with van der Waals surface area (Å²) in [7, 11) is 0. The fourth-order valence-electron chi connectivity index (χ4n) is 4.42. The number of ketones is 1. The molecule has 1 heterocycles.